The van der Waals surface area contributed by atoms with Gasteiger partial charge >= 0.3 is 5.97 Å². The summed E-state index contributed by atoms with van der Waals surface area (Å²) in [6.45, 7) is 1.29. The number of rotatable bonds is 4. The molecule has 0 amide bonds. The van der Waals surface area contributed by atoms with Crippen LogP contribution < -0.4 is 0 Å². The fourth-order valence-corrected chi connectivity index (χ4v) is 1.10. The predicted molar refractivity (Wildman–Crippen MR) is 47.0 cm³/mol. The van der Waals surface area contributed by atoms with Crippen molar-refractivity contribution in [2.24, 2.45) is 0 Å². The molecule has 0 bridgehead atoms. The molecule has 14 heavy (non-hydrogen) atoms. The highest BCUT2D eigenvalue weighted by molar-refractivity contribution is 5.88. The van der Waals surface area contributed by atoms with Crippen molar-refractivity contribution in [1.82, 2.24) is 9.78 Å². The standard InChI is InChI=1S/C8H12N2O4/c1-5-7(8(13)14)3-10(9-5)2-6(12)4-11/h3,6,11-12H,2,4H2,1H3,(H,13,14). The summed E-state index contributed by atoms with van der Waals surface area (Å²) in [5.41, 5.74) is 0.498. The van der Waals surface area contributed by atoms with Crippen molar-refractivity contribution in [1.29, 1.82) is 0 Å². The molecule has 0 aliphatic rings. The molecule has 1 rings (SSSR count). The monoisotopic (exact) mass is 200 g/mol. The molecule has 0 spiro atoms. The van der Waals surface area contributed by atoms with E-state index < -0.39 is 12.1 Å². The van der Waals surface area contributed by atoms with Crippen molar-refractivity contribution in [2.75, 3.05) is 6.61 Å². The molecule has 1 aromatic heterocycles. The number of aliphatic hydroxyl groups is 2. The third kappa shape index (κ3) is 2.30. The molecule has 1 heterocycles. The van der Waals surface area contributed by atoms with Crippen molar-refractivity contribution >= 4 is 5.97 Å². The van der Waals surface area contributed by atoms with Crippen molar-refractivity contribution in [3.8, 4) is 0 Å². The van der Waals surface area contributed by atoms with E-state index in [9.17, 15) is 4.79 Å². The van der Waals surface area contributed by atoms with Gasteiger partial charge in [-0.1, -0.05) is 0 Å². The number of aromatic nitrogens is 2. The maximum atomic E-state index is 10.6. The molecular weight excluding hydrogens is 188 g/mol. The highest BCUT2D eigenvalue weighted by Crippen LogP contribution is 2.05. The van der Waals surface area contributed by atoms with Crippen molar-refractivity contribution in [2.45, 2.75) is 19.6 Å². The molecule has 1 unspecified atom stereocenters. The van der Waals surface area contributed by atoms with E-state index in [0.717, 1.165) is 0 Å². The molecular formula is C8H12N2O4. The molecule has 0 aliphatic carbocycles. The Balaban J connectivity index is 2.81. The summed E-state index contributed by atoms with van der Waals surface area (Å²) in [5, 5.41) is 30.3. The average molecular weight is 200 g/mol. The molecule has 0 saturated heterocycles. The lowest BCUT2D eigenvalue weighted by atomic mass is 10.3. The lowest BCUT2D eigenvalue weighted by molar-refractivity contribution is 0.0693. The van der Waals surface area contributed by atoms with Crippen LogP contribution in [-0.4, -0.2) is 43.8 Å². The smallest absolute Gasteiger partial charge is 0.339 e. The third-order valence-electron chi connectivity index (χ3n) is 1.79. The van der Waals surface area contributed by atoms with E-state index >= 15 is 0 Å². The quantitative estimate of drug-likeness (QED) is 0.594. The fraction of sp³-hybridized carbons (Fsp3) is 0.500. The van der Waals surface area contributed by atoms with Gasteiger partial charge in [-0.25, -0.2) is 4.79 Å². The number of carboxylic acids is 1. The topological polar surface area (TPSA) is 95.6 Å². The molecule has 1 aromatic rings. The van der Waals surface area contributed by atoms with Crippen LogP contribution in [0.1, 0.15) is 16.1 Å². The van der Waals surface area contributed by atoms with Crippen LogP contribution in [0.15, 0.2) is 6.20 Å². The van der Waals surface area contributed by atoms with Gasteiger partial charge in [-0.15, -0.1) is 0 Å². The number of carbonyl (C=O) groups is 1. The SMILES string of the molecule is Cc1nn(CC(O)CO)cc1C(=O)O. The van der Waals surface area contributed by atoms with Crippen molar-refractivity contribution < 1.29 is 20.1 Å². The summed E-state index contributed by atoms with van der Waals surface area (Å²) in [6.07, 6.45) is 0.409. The number of carboxylic acid groups (broad SMARTS) is 1. The summed E-state index contributed by atoms with van der Waals surface area (Å²) < 4.78 is 1.31. The number of aliphatic hydroxyl groups excluding tert-OH is 2. The Hall–Kier alpha value is -1.40. The van der Waals surface area contributed by atoms with Crippen molar-refractivity contribution in [3.63, 3.8) is 0 Å². The van der Waals surface area contributed by atoms with Crippen LogP contribution in [0.3, 0.4) is 0 Å². The number of nitrogens with zero attached hydrogens (tertiary/aromatic N) is 2. The van der Waals surface area contributed by atoms with E-state index in [1.165, 1.54) is 10.9 Å². The minimum absolute atomic E-state index is 0.0879. The van der Waals surface area contributed by atoms with Crippen LogP contribution in [0.4, 0.5) is 0 Å². The van der Waals surface area contributed by atoms with Crippen LogP contribution in [-0.2, 0) is 6.54 Å². The number of hydrogen-bond acceptors (Lipinski definition) is 4. The maximum absolute atomic E-state index is 10.6. The second-order valence-electron chi connectivity index (χ2n) is 2.99. The summed E-state index contributed by atoms with van der Waals surface area (Å²) in [6, 6.07) is 0. The van der Waals surface area contributed by atoms with Crippen LogP contribution in [0.25, 0.3) is 0 Å². The molecule has 1 atom stereocenters. The second kappa shape index (κ2) is 4.21. The van der Waals surface area contributed by atoms with Gasteiger partial charge in [0.1, 0.15) is 5.56 Å². The first-order valence-corrected chi connectivity index (χ1v) is 4.11. The highest BCUT2D eigenvalue weighted by Gasteiger charge is 2.13. The van der Waals surface area contributed by atoms with Gasteiger partial charge in [0, 0.05) is 6.20 Å². The van der Waals surface area contributed by atoms with Crippen LogP contribution in [0.5, 0.6) is 0 Å². The van der Waals surface area contributed by atoms with Gasteiger partial charge in [-0.2, -0.15) is 5.10 Å². The zero-order valence-corrected chi connectivity index (χ0v) is 7.71. The molecule has 6 nitrogen and oxygen atoms in total. The van der Waals surface area contributed by atoms with Gasteiger partial charge < -0.3 is 15.3 Å². The minimum atomic E-state index is -1.05. The van der Waals surface area contributed by atoms with E-state index in [0.29, 0.717) is 5.69 Å². The van der Waals surface area contributed by atoms with Gasteiger partial charge in [0.25, 0.3) is 0 Å². The Morgan fingerprint density at radius 1 is 1.71 bits per heavy atom. The molecule has 6 heteroatoms. The second-order valence-corrected chi connectivity index (χ2v) is 2.99. The fourth-order valence-electron chi connectivity index (χ4n) is 1.10. The molecule has 0 radical (unpaired) electrons. The van der Waals surface area contributed by atoms with Crippen LogP contribution >= 0.6 is 0 Å². The molecule has 0 aromatic carbocycles. The van der Waals surface area contributed by atoms with E-state index in [1.807, 2.05) is 0 Å². The predicted octanol–water partition coefficient (Wildman–Crippen LogP) is -0.757. The van der Waals surface area contributed by atoms with Gasteiger partial charge in [0.2, 0.25) is 0 Å². The largest absolute Gasteiger partial charge is 0.478 e. The van der Waals surface area contributed by atoms with E-state index in [2.05, 4.69) is 5.10 Å². The third-order valence-corrected chi connectivity index (χ3v) is 1.79. The molecule has 0 saturated carbocycles. The van der Waals surface area contributed by atoms with Gasteiger partial charge in [-0.05, 0) is 6.92 Å². The Bertz CT molecular complexity index is 334. The summed E-state index contributed by atoms with van der Waals surface area (Å²) in [4.78, 5) is 10.6. The van der Waals surface area contributed by atoms with E-state index in [1.54, 1.807) is 6.92 Å². The van der Waals surface area contributed by atoms with Gasteiger partial charge in [0.15, 0.2) is 0 Å². The first-order valence-electron chi connectivity index (χ1n) is 4.11. The highest BCUT2D eigenvalue weighted by atomic mass is 16.4. The molecule has 0 fully saturated rings. The lowest BCUT2D eigenvalue weighted by Crippen LogP contribution is -2.20. The van der Waals surface area contributed by atoms with E-state index in [-0.39, 0.29) is 18.7 Å². The Kier molecular flexibility index (Phi) is 3.21. The molecule has 78 valence electrons. The lowest BCUT2D eigenvalue weighted by Gasteiger charge is -2.05. The van der Waals surface area contributed by atoms with Gasteiger partial charge in [-0.3, -0.25) is 4.68 Å². The summed E-state index contributed by atoms with van der Waals surface area (Å²) >= 11 is 0. The zero-order chi connectivity index (χ0) is 10.7. The number of aromatic carboxylic acids is 1. The first-order chi connectivity index (χ1) is 6.54. The van der Waals surface area contributed by atoms with Gasteiger partial charge in [0.05, 0.1) is 24.9 Å². The Labute approximate surface area is 80.4 Å². The first kappa shape index (κ1) is 10.7. The van der Waals surface area contributed by atoms with Crippen LogP contribution in [0, 0.1) is 6.92 Å². The average Bonchev–Trinajstić information content (AvgIpc) is 2.46. The Morgan fingerprint density at radius 3 is 2.79 bits per heavy atom. The van der Waals surface area contributed by atoms with Crippen LogP contribution in [0.2, 0.25) is 0 Å². The normalized spacial score (nSPS) is 12.8. The molecule has 3 N–H and O–H groups in total. The Morgan fingerprint density at radius 2 is 2.36 bits per heavy atom. The van der Waals surface area contributed by atoms with E-state index in [4.69, 9.17) is 15.3 Å². The summed E-state index contributed by atoms with van der Waals surface area (Å²) in [5.74, 6) is -1.05. The number of aryl methyl sites for hydroxylation is 1. The number of hydrogen-bond donors (Lipinski definition) is 3. The van der Waals surface area contributed by atoms with Crippen molar-refractivity contribution in [3.05, 3.63) is 17.5 Å². The zero-order valence-electron chi connectivity index (χ0n) is 7.71. The maximum Gasteiger partial charge on any atom is 0.339 e. The summed E-state index contributed by atoms with van der Waals surface area (Å²) in [7, 11) is 0. The molecule has 0 aliphatic heterocycles. The minimum Gasteiger partial charge on any atom is -0.478 e.